The third-order valence-electron chi connectivity index (χ3n) is 5.94. The number of carbonyl (C=O) groups is 1. The fourth-order valence-corrected chi connectivity index (χ4v) is 5.31. The summed E-state index contributed by atoms with van der Waals surface area (Å²) in [6, 6.07) is 19.5. The van der Waals surface area contributed by atoms with Crippen LogP contribution in [0.5, 0.6) is 0 Å². The Morgan fingerprint density at radius 1 is 1.09 bits per heavy atom. The molecule has 4 rings (SSSR count). The van der Waals surface area contributed by atoms with E-state index < -0.39 is 10.0 Å². The summed E-state index contributed by atoms with van der Waals surface area (Å²) in [5, 5.41) is 7.47. The van der Waals surface area contributed by atoms with Gasteiger partial charge >= 0.3 is 0 Å². The topological polar surface area (TPSA) is 116 Å². The normalized spacial score (nSPS) is 12.9. The number of nitrogens with two attached hydrogens (primary N) is 1. The Morgan fingerprint density at radius 3 is 2.51 bits per heavy atom. The van der Waals surface area contributed by atoms with E-state index in [0.717, 1.165) is 35.2 Å². The molecule has 0 spiro atoms. The molecule has 35 heavy (non-hydrogen) atoms. The van der Waals surface area contributed by atoms with Crippen molar-refractivity contribution in [1.82, 2.24) is 0 Å². The molecule has 0 radical (unpaired) electrons. The van der Waals surface area contributed by atoms with Gasteiger partial charge < -0.3 is 10.6 Å². The van der Waals surface area contributed by atoms with Crippen molar-refractivity contribution in [3.63, 3.8) is 0 Å². The monoisotopic (exact) mass is 512 g/mol. The first-order valence-electron chi connectivity index (χ1n) is 11.2. The number of nitrogens with one attached hydrogen (secondary N) is 2. The molecule has 0 aliphatic carbocycles. The zero-order chi connectivity index (χ0) is 24.3. The van der Waals surface area contributed by atoms with Crippen molar-refractivity contribution in [1.29, 1.82) is 5.41 Å². The van der Waals surface area contributed by atoms with Gasteiger partial charge in [-0.1, -0.05) is 36.4 Å². The number of sulfonamides is 1. The summed E-state index contributed by atoms with van der Waals surface area (Å²) in [6.07, 6.45) is 2.56. The van der Waals surface area contributed by atoms with E-state index >= 15 is 0 Å². The lowest BCUT2D eigenvalue weighted by Crippen LogP contribution is -2.35. The molecule has 1 amide bonds. The van der Waals surface area contributed by atoms with Crippen molar-refractivity contribution in [3.05, 3.63) is 89.0 Å². The minimum atomic E-state index is -3.69. The zero-order valence-electron chi connectivity index (χ0n) is 19.5. The van der Waals surface area contributed by atoms with E-state index in [1.165, 1.54) is 0 Å². The Bertz CT molecular complexity index is 1340. The van der Waals surface area contributed by atoms with Crippen molar-refractivity contribution in [2.45, 2.75) is 37.5 Å². The van der Waals surface area contributed by atoms with E-state index in [2.05, 4.69) is 4.72 Å². The van der Waals surface area contributed by atoms with Crippen LogP contribution in [0.25, 0.3) is 0 Å². The van der Waals surface area contributed by atoms with Gasteiger partial charge in [-0.3, -0.25) is 14.9 Å². The average molecular weight is 513 g/mol. The molecule has 0 saturated carbocycles. The SMILES string of the molecule is Cc1cccc(S(=O)(=O)Nc2ccc3c(c2)CCCN3C(=O)CCc2ccc(C(=N)N)cc2)c1.Cl. The van der Waals surface area contributed by atoms with Gasteiger partial charge in [-0.15, -0.1) is 12.4 Å². The summed E-state index contributed by atoms with van der Waals surface area (Å²) < 4.78 is 28.2. The number of hydrogen-bond donors (Lipinski definition) is 3. The van der Waals surface area contributed by atoms with Crippen LogP contribution >= 0.6 is 12.4 Å². The first-order chi connectivity index (χ1) is 16.2. The molecule has 0 aromatic heterocycles. The van der Waals surface area contributed by atoms with Gasteiger partial charge in [0, 0.05) is 29.9 Å². The molecule has 0 unspecified atom stereocenters. The Kier molecular flexibility index (Phi) is 8.19. The van der Waals surface area contributed by atoms with Crippen LogP contribution in [0.1, 0.15) is 35.1 Å². The van der Waals surface area contributed by atoms with E-state index in [0.29, 0.717) is 30.6 Å². The highest BCUT2D eigenvalue weighted by atomic mass is 35.5. The van der Waals surface area contributed by atoms with Gasteiger partial charge in [-0.2, -0.15) is 0 Å². The number of aryl methyl sites for hydroxylation is 3. The van der Waals surface area contributed by atoms with Crippen LogP contribution in [0, 0.1) is 12.3 Å². The number of amides is 1. The quantitative estimate of drug-likeness (QED) is 0.321. The molecular weight excluding hydrogens is 484 g/mol. The van der Waals surface area contributed by atoms with Gasteiger partial charge in [0.15, 0.2) is 0 Å². The number of carbonyl (C=O) groups excluding carboxylic acids is 1. The number of hydrogen-bond acceptors (Lipinski definition) is 4. The zero-order valence-corrected chi connectivity index (χ0v) is 21.1. The van der Waals surface area contributed by atoms with Crippen LogP contribution in [-0.2, 0) is 27.7 Å². The molecule has 1 heterocycles. The molecule has 0 atom stereocenters. The third kappa shape index (κ3) is 6.21. The second kappa shape index (κ2) is 10.9. The molecule has 3 aromatic carbocycles. The number of fused-ring (bicyclic) bond motifs is 1. The number of nitrogen functional groups attached to an aromatic ring is 1. The smallest absolute Gasteiger partial charge is 0.261 e. The van der Waals surface area contributed by atoms with Crippen molar-refractivity contribution in [2.24, 2.45) is 5.73 Å². The Balaban J connectivity index is 0.00000342. The van der Waals surface area contributed by atoms with Crippen LogP contribution < -0.4 is 15.4 Å². The Labute approximate surface area is 212 Å². The number of halogens is 1. The first kappa shape index (κ1) is 26.2. The molecule has 1 aliphatic heterocycles. The summed E-state index contributed by atoms with van der Waals surface area (Å²) in [5.41, 5.74) is 10.3. The van der Waals surface area contributed by atoms with Gasteiger partial charge in [0.2, 0.25) is 5.91 Å². The summed E-state index contributed by atoms with van der Waals surface area (Å²) >= 11 is 0. The lowest BCUT2D eigenvalue weighted by atomic mass is 10.00. The van der Waals surface area contributed by atoms with E-state index in [-0.39, 0.29) is 29.0 Å². The van der Waals surface area contributed by atoms with Gasteiger partial charge in [-0.25, -0.2) is 8.42 Å². The Hall–Kier alpha value is -3.36. The highest BCUT2D eigenvalue weighted by molar-refractivity contribution is 7.92. The maximum Gasteiger partial charge on any atom is 0.261 e. The molecule has 7 nitrogen and oxygen atoms in total. The molecule has 0 fully saturated rings. The number of rotatable bonds is 7. The second-order valence-electron chi connectivity index (χ2n) is 8.53. The predicted octanol–water partition coefficient (Wildman–Crippen LogP) is 4.41. The van der Waals surface area contributed by atoms with Gasteiger partial charge in [0.1, 0.15) is 5.84 Å². The minimum Gasteiger partial charge on any atom is -0.384 e. The van der Waals surface area contributed by atoms with Gasteiger partial charge in [0.05, 0.1) is 4.90 Å². The van der Waals surface area contributed by atoms with Crippen molar-refractivity contribution in [3.8, 4) is 0 Å². The van der Waals surface area contributed by atoms with Crippen LogP contribution in [0.4, 0.5) is 11.4 Å². The number of anilines is 2. The van der Waals surface area contributed by atoms with Gasteiger partial charge in [0.25, 0.3) is 10.0 Å². The Morgan fingerprint density at radius 2 is 1.83 bits per heavy atom. The highest BCUT2D eigenvalue weighted by Gasteiger charge is 2.23. The van der Waals surface area contributed by atoms with Crippen LogP contribution in [-0.4, -0.2) is 26.7 Å². The van der Waals surface area contributed by atoms with E-state index in [9.17, 15) is 13.2 Å². The summed E-state index contributed by atoms with van der Waals surface area (Å²) in [5.74, 6) is 0.0535. The average Bonchev–Trinajstić information content (AvgIpc) is 2.82. The largest absolute Gasteiger partial charge is 0.384 e. The van der Waals surface area contributed by atoms with Gasteiger partial charge in [-0.05, 0) is 73.2 Å². The lowest BCUT2D eigenvalue weighted by Gasteiger charge is -2.30. The predicted molar refractivity (Wildman–Crippen MR) is 142 cm³/mol. The molecule has 0 saturated heterocycles. The second-order valence-corrected chi connectivity index (χ2v) is 10.2. The van der Waals surface area contributed by atoms with Crippen LogP contribution in [0.15, 0.2) is 71.6 Å². The van der Waals surface area contributed by atoms with E-state index in [4.69, 9.17) is 11.1 Å². The first-order valence-corrected chi connectivity index (χ1v) is 12.7. The van der Waals surface area contributed by atoms with Crippen LogP contribution in [0.3, 0.4) is 0 Å². The number of nitrogens with zero attached hydrogens (tertiary/aromatic N) is 1. The van der Waals surface area contributed by atoms with Crippen LogP contribution in [0.2, 0.25) is 0 Å². The molecule has 9 heteroatoms. The minimum absolute atomic E-state index is 0. The molecule has 4 N–H and O–H groups in total. The summed E-state index contributed by atoms with van der Waals surface area (Å²) in [6.45, 7) is 2.49. The standard InChI is InChI=1S/C26H28N4O3S.ClH/c1-18-4-2-6-23(16-18)34(32,33)29-22-12-13-24-21(17-22)5-3-15-30(24)25(31)14-9-19-7-10-20(11-8-19)26(27)28;/h2,4,6-8,10-13,16-17,29H,3,5,9,14-15H2,1H3,(H3,27,28);1H. The summed E-state index contributed by atoms with van der Waals surface area (Å²) in [4.78, 5) is 15.0. The highest BCUT2D eigenvalue weighted by Crippen LogP contribution is 2.31. The molecular formula is C26H29ClN4O3S. The fraction of sp³-hybridized carbons (Fsp3) is 0.231. The number of benzene rings is 3. The van der Waals surface area contributed by atoms with E-state index in [1.54, 1.807) is 41.3 Å². The molecule has 0 bridgehead atoms. The van der Waals surface area contributed by atoms with Crippen molar-refractivity contribution < 1.29 is 13.2 Å². The van der Waals surface area contributed by atoms with Crippen molar-refractivity contribution >= 4 is 45.5 Å². The molecule has 1 aliphatic rings. The summed E-state index contributed by atoms with van der Waals surface area (Å²) in [7, 11) is -3.69. The fourth-order valence-electron chi connectivity index (χ4n) is 4.15. The maximum atomic E-state index is 13.0. The third-order valence-corrected chi connectivity index (χ3v) is 7.32. The van der Waals surface area contributed by atoms with Crippen molar-refractivity contribution in [2.75, 3.05) is 16.2 Å². The lowest BCUT2D eigenvalue weighted by molar-refractivity contribution is -0.118. The number of amidine groups is 1. The molecule has 184 valence electrons. The maximum absolute atomic E-state index is 13.0. The molecule has 3 aromatic rings. The van der Waals surface area contributed by atoms with E-state index in [1.807, 2.05) is 37.3 Å².